The third-order valence-electron chi connectivity index (χ3n) is 3.00. The Morgan fingerprint density at radius 3 is 2.50 bits per heavy atom. The third kappa shape index (κ3) is 3.12. The smallest absolute Gasteiger partial charge is 0.416 e. The van der Waals surface area contributed by atoms with Crippen LogP contribution in [0.4, 0.5) is 19.0 Å². The Bertz CT molecular complexity index is 605. The van der Waals surface area contributed by atoms with Crippen molar-refractivity contribution in [3.05, 3.63) is 47.0 Å². The van der Waals surface area contributed by atoms with Gasteiger partial charge in [0.1, 0.15) is 17.3 Å². The Morgan fingerprint density at radius 2 is 1.95 bits per heavy atom. The molecule has 0 radical (unpaired) electrons. The van der Waals surface area contributed by atoms with Crippen LogP contribution in [0.3, 0.4) is 0 Å². The molecule has 1 N–H and O–H groups in total. The maximum atomic E-state index is 12.6. The highest BCUT2D eigenvalue weighted by molar-refractivity contribution is 5.42. The number of aromatic nitrogens is 1. The van der Waals surface area contributed by atoms with Crippen LogP contribution in [0.5, 0.6) is 0 Å². The number of anilines is 1. The summed E-state index contributed by atoms with van der Waals surface area (Å²) >= 11 is 0. The van der Waals surface area contributed by atoms with Crippen molar-refractivity contribution in [2.24, 2.45) is 0 Å². The Labute approximate surface area is 114 Å². The van der Waals surface area contributed by atoms with E-state index in [-0.39, 0.29) is 11.9 Å². The lowest BCUT2D eigenvalue weighted by atomic mass is 10.1. The fourth-order valence-electron chi connectivity index (χ4n) is 2.07. The predicted octanol–water partition coefficient (Wildman–Crippen LogP) is 4.48. The van der Waals surface area contributed by atoms with Gasteiger partial charge < -0.3 is 9.73 Å². The van der Waals surface area contributed by atoms with Crippen molar-refractivity contribution in [1.82, 2.24) is 4.98 Å². The van der Waals surface area contributed by atoms with Crippen LogP contribution in [0.15, 0.2) is 28.8 Å². The molecule has 3 nitrogen and oxygen atoms in total. The lowest BCUT2D eigenvalue weighted by Crippen LogP contribution is -2.10. The summed E-state index contributed by atoms with van der Waals surface area (Å²) in [5, 5.41) is 2.95. The molecule has 2 aromatic heterocycles. The van der Waals surface area contributed by atoms with Crippen LogP contribution in [0, 0.1) is 13.8 Å². The molecule has 1 unspecified atom stereocenters. The van der Waals surface area contributed by atoms with Gasteiger partial charge in [0.05, 0.1) is 11.6 Å². The van der Waals surface area contributed by atoms with Gasteiger partial charge in [0.25, 0.3) is 0 Å². The molecule has 0 aliphatic rings. The van der Waals surface area contributed by atoms with Crippen LogP contribution in [0.2, 0.25) is 0 Å². The number of halogens is 3. The Balaban J connectivity index is 2.20. The molecule has 1 atom stereocenters. The monoisotopic (exact) mass is 284 g/mol. The fraction of sp³-hybridized carbons (Fsp3) is 0.357. The second-order valence-corrected chi connectivity index (χ2v) is 4.66. The number of furan rings is 1. The summed E-state index contributed by atoms with van der Waals surface area (Å²) in [6.07, 6.45) is -3.23. The van der Waals surface area contributed by atoms with Crippen LogP contribution < -0.4 is 5.32 Å². The van der Waals surface area contributed by atoms with E-state index in [2.05, 4.69) is 10.3 Å². The van der Waals surface area contributed by atoms with Crippen LogP contribution in [-0.2, 0) is 6.18 Å². The Morgan fingerprint density at radius 1 is 1.25 bits per heavy atom. The first kappa shape index (κ1) is 14.4. The summed E-state index contributed by atoms with van der Waals surface area (Å²) in [5.74, 6) is 1.70. The van der Waals surface area contributed by atoms with Gasteiger partial charge in [-0.3, -0.25) is 0 Å². The van der Waals surface area contributed by atoms with E-state index in [1.54, 1.807) is 0 Å². The molecular weight excluding hydrogens is 269 g/mol. The largest absolute Gasteiger partial charge is 0.466 e. The Hall–Kier alpha value is -1.98. The maximum absolute atomic E-state index is 12.6. The molecule has 0 aliphatic carbocycles. The molecule has 108 valence electrons. The summed E-state index contributed by atoms with van der Waals surface area (Å²) in [5.41, 5.74) is 0.184. The molecule has 0 aliphatic heterocycles. The summed E-state index contributed by atoms with van der Waals surface area (Å²) < 4.78 is 43.3. The Kier molecular flexibility index (Phi) is 3.74. The summed E-state index contributed by atoms with van der Waals surface area (Å²) in [7, 11) is 0. The second-order valence-electron chi connectivity index (χ2n) is 4.66. The lowest BCUT2D eigenvalue weighted by molar-refractivity contribution is -0.137. The van der Waals surface area contributed by atoms with Crippen molar-refractivity contribution in [3.63, 3.8) is 0 Å². The standard InChI is InChI=1S/C14H15F3N2O/c1-8-6-12(10(3)20-8)9(2)19-13-7-11(4-5-18-13)14(15,16)17/h4-7,9H,1-3H3,(H,18,19). The second kappa shape index (κ2) is 5.19. The van der Waals surface area contributed by atoms with Gasteiger partial charge in [-0.25, -0.2) is 4.98 Å². The van der Waals surface area contributed by atoms with Crippen molar-refractivity contribution < 1.29 is 17.6 Å². The third-order valence-corrected chi connectivity index (χ3v) is 3.00. The molecule has 2 heterocycles. The van der Waals surface area contributed by atoms with Gasteiger partial charge in [0.2, 0.25) is 0 Å². The zero-order valence-corrected chi connectivity index (χ0v) is 11.4. The van der Waals surface area contributed by atoms with Crippen LogP contribution >= 0.6 is 0 Å². The minimum absolute atomic E-state index is 0.186. The van der Waals surface area contributed by atoms with Gasteiger partial charge in [-0.1, -0.05) is 0 Å². The molecule has 2 aromatic rings. The quantitative estimate of drug-likeness (QED) is 0.902. The highest BCUT2D eigenvalue weighted by Gasteiger charge is 2.30. The molecule has 2 rings (SSSR count). The van der Waals surface area contributed by atoms with Gasteiger partial charge >= 0.3 is 6.18 Å². The van der Waals surface area contributed by atoms with Gasteiger partial charge in [0, 0.05) is 11.8 Å². The first-order valence-corrected chi connectivity index (χ1v) is 6.14. The number of rotatable bonds is 3. The fourth-order valence-corrected chi connectivity index (χ4v) is 2.07. The lowest BCUT2D eigenvalue weighted by Gasteiger charge is -2.15. The number of hydrogen-bond acceptors (Lipinski definition) is 3. The normalized spacial score (nSPS) is 13.3. The SMILES string of the molecule is Cc1cc(C(C)Nc2cc(C(F)(F)F)ccn2)c(C)o1. The van der Waals surface area contributed by atoms with E-state index in [1.165, 1.54) is 0 Å². The topological polar surface area (TPSA) is 38.1 Å². The minimum Gasteiger partial charge on any atom is -0.466 e. The number of aryl methyl sites for hydroxylation is 2. The minimum atomic E-state index is -4.37. The molecular formula is C14H15F3N2O. The van der Waals surface area contributed by atoms with Gasteiger partial charge in [-0.15, -0.1) is 0 Å². The highest BCUT2D eigenvalue weighted by atomic mass is 19.4. The van der Waals surface area contributed by atoms with Crippen molar-refractivity contribution in [1.29, 1.82) is 0 Å². The van der Waals surface area contributed by atoms with E-state index in [1.807, 2.05) is 26.8 Å². The number of pyridine rings is 1. The molecule has 0 saturated carbocycles. The average molecular weight is 284 g/mol. The number of hydrogen-bond donors (Lipinski definition) is 1. The molecule has 0 bridgehead atoms. The first-order valence-electron chi connectivity index (χ1n) is 6.14. The number of nitrogens with one attached hydrogen (secondary N) is 1. The first-order chi connectivity index (χ1) is 9.27. The van der Waals surface area contributed by atoms with E-state index < -0.39 is 11.7 Å². The molecule has 6 heteroatoms. The molecule has 0 spiro atoms. The van der Waals surface area contributed by atoms with Crippen LogP contribution in [-0.4, -0.2) is 4.98 Å². The number of nitrogens with zero attached hydrogens (tertiary/aromatic N) is 1. The summed E-state index contributed by atoms with van der Waals surface area (Å²) in [4.78, 5) is 3.91. The van der Waals surface area contributed by atoms with Gasteiger partial charge in [0.15, 0.2) is 0 Å². The van der Waals surface area contributed by atoms with Crippen molar-refractivity contribution in [3.8, 4) is 0 Å². The molecule has 0 aromatic carbocycles. The van der Waals surface area contributed by atoms with Gasteiger partial charge in [-0.2, -0.15) is 13.2 Å². The summed E-state index contributed by atoms with van der Waals surface area (Å²) in [6.45, 7) is 5.49. The molecule has 0 saturated heterocycles. The summed E-state index contributed by atoms with van der Waals surface area (Å²) in [6, 6.07) is 3.62. The van der Waals surface area contributed by atoms with Crippen LogP contribution in [0.1, 0.15) is 35.6 Å². The van der Waals surface area contributed by atoms with E-state index in [0.717, 1.165) is 35.4 Å². The molecule has 0 amide bonds. The zero-order chi connectivity index (χ0) is 14.9. The average Bonchev–Trinajstić information content (AvgIpc) is 2.68. The maximum Gasteiger partial charge on any atom is 0.416 e. The zero-order valence-electron chi connectivity index (χ0n) is 11.4. The highest BCUT2D eigenvalue weighted by Crippen LogP contribution is 2.31. The van der Waals surface area contributed by atoms with Crippen molar-refractivity contribution >= 4 is 5.82 Å². The van der Waals surface area contributed by atoms with Crippen LogP contribution in [0.25, 0.3) is 0 Å². The van der Waals surface area contributed by atoms with Crippen molar-refractivity contribution in [2.45, 2.75) is 33.0 Å². The number of alkyl halides is 3. The van der Waals surface area contributed by atoms with E-state index in [9.17, 15) is 13.2 Å². The molecule has 0 fully saturated rings. The van der Waals surface area contributed by atoms with E-state index >= 15 is 0 Å². The predicted molar refractivity (Wildman–Crippen MR) is 69.5 cm³/mol. The molecule has 20 heavy (non-hydrogen) atoms. The van der Waals surface area contributed by atoms with E-state index in [0.29, 0.717) is 0 Å². The van der Waals surface area contributed by atoms with E-state index in [4.69, 9.17) is 4.42 Å². The van der Waals surface area contributed by atoms with Gasteiger partial charge in [-0.05, 0) is 39.0 Å². The van der Waals surface area contributed by atoms with Crippen molar-refractivity contribution in [2.75, 3.05) is 5.32 Å².